The summed E-state index contributed by atoms with van der Waals surface area (Å²) in [4.78, 5) is 11.2. The van der Waals surface area contributed by atoms with Crippen LogP contribution in [0.5, 0.6) is 0 Å². The second-order valence-electron chi connectivity index (χ2n) is 3.31. The zero-order chi connectivity index (χ0) is 9.97. The van der Waals surface area contributed by atoms with Crippen LogP contribution in [0, 0.1) is 6.42 Å². The molecule has 2 aliphatic rings. The molecule has 0 bridgehead atoms. The van der Waals surface area contributed by atoms with Crippen LogP contribution in [-0.2, 0) is 4.79 Å². The average molecular weight is 183 g/mol. The second-order valence-corrected chi connectivity index (χ2v) is 3.31. The van der Waals surface area contributed by atoms with Crippen LogP contribution in [0.3, 0.4) is 0 Å². The minimum absolute atomic E-state index is 0.110. The zero-order valence-corrected chi connectivity index (χ0v) is 8.03. The molecule has 0 N–H and O–H groups in total. The highest BCUT2D eigenvalue weighted by Gasteiger charge is 2.11. The SMILES string of the molecule is CC(=O)C1=C[CH]C2=CC=CC=CC2=C1. The van der Waals surface area contributed by atoms with E-state index in [1.807, 2.05) is 49.0 Å². The van der Waals surface area contributed by atoms with Crippen molar-refractivity contribution < 1.29 is 4.79 Å². The van der Waals surface area contributed by atoms with Gasteiger partial charge in [-0.25, -0.2) is 0 Å². The normalized spacial score (nSPS) is 19.1. The maximum atomic E-state index is 11.2. The molecule has 0 aromatic heterocycles. The summed E-state index contributed by atoms with van der Waals surface area (Å²) in [5.74, 6) is 0.110. The zero-order valence-electron chi connectivity index (χ0n) is 8.03. The van der Waals surface area contributed by atoms with Gasteiger partial charge in [0, 0.05) is 12.0 Å². The van der Waals surface area contributed by atoms with E-state index in [4.69, 9.17) is 0 Å². The van der Waals surface area contributed by atoms with Gasteiger partial charge < -0.3 is 0 Å². The largest absolute Gasteiger partial charge is 0.295 e. The molecule has 0 unspecified atom stereocenters. The lowest BCUT2D eigenvalue weighted by molar-refractivity contribution is -0.113. The molecule has 2 aliphatic carbocycles. The van der Waals surface area contributed by atoms with Gasteiger partial charge in [-0.05, 0) is 24.1 Å². The van der Waals surface area contributed by atoms with Crippen LogP contribution in [0.25, 0.3) is 0 Å². The Hall–Kier alpha value is -1.63. The Morgan fingerprint density at radius 2 is 1.93 bits per heavy atom. The van der Waals surface area contributed by atoms with Gasteiger partial charge in [-0.2, -0.15) is 0 Å². The number of carbonyl (C=O) groups is 1. The molecule has 1 heteroatoms. The fourth-order valence-corrected chi connectivity index (χ4v) is 1.47. The minimum Gasteiger partial charge on any atom is -0.295 e. The monoisotopic (exact) mass is 183 g/mol. The molecule has 14 heavy (non-hydrogen) atoms. The summed E-state index contributed by atoms with van der Waals surface area (Å²) in [7, 11) is 0. The molecule has 0 amide bonds. The van der Waals surface area contributed by atoms with Crippen molar-refractivity contribution in [2.75, 3.05) is 0 Å². The third kappa shape index (κ3) is 1.67. The number of hydrogen-bond donors (Lipinski definition) is 0. The molecule has 0 aromatic rings. The van der Waals surface area contributed by atoms with E-state index >= 15 is 0 Å². The summed E-state index contributed by atoms with van der Waals surface area (Å²) >= 11 is 0. The van der Waals surface area contributed by atoms with Crippen molar-refractivity contribution in [1.82, 2.24) is 0 Å². The molecule has 69 valence electrons. The predicted molar refractivity (Wildman–Crippen MR) is 57.5 cm³/mol. The minimum atomic E-state index is 0.110. The molecule has 0 aliphatic heterocycles. The van der Waals surface area contributed by atoms with Gasteiger partial charge in [0.15, 0.2) is 5.78 Å². The number of Topliss-reactive ketones (excluding diaryl/α,β-unsaturated/α-hetero) is 1. The quantitative estimate of drug-likeness (QED) is 0.610. The van der Waals surface area contributed by atoms with Crippen molar-refractivity contribution in [3.8, 4) is 0 Å². The molecule has 1 nitrogen and oxygen atoms in total. The molecule has 2 rings (SSSR count). The molecule has 1 radical (unpaired) electrons. The van der Waals surface area contributed by atoms with E-state index in [-0.39, 0.29) is 5.78 Å². The van der Waals surface area contributed by atoms with Crippen LogP contribution >= 0.6 is 0 Å². The highest BCUT2D eigenvalue weighted by atomic mass is 16.1. The Labute approximate surface area is 83.8 Å². The summed E-state index contributed by atoms with van der Waals surface area (Å²) < 4.78 is 0. The molecule has 0 saturated heterocycles. The van der Waals surface area contributed by atoms with Crippen LogP contribution in [0.2, 0.25) is 0 Å². The van der Waals surface area contributed by atoms with Gasteiger partial charge in [0.05, 0.1) is 0 Å². The highest BCUT2D eigenvalue weighted by molar-refractivity contribution is 5.97. The van der Waals surface area contributed by atoms with E-state index in [1.54, 1.807) is 6.92 Å². The number of rotatable bonds is 1. The number of allylic oxidation sites excluding steroid dienone is 10. The Kier molecular flexibility index (Phi) is 2.32. The van der Waals surface area contributed by atoms with Crippen LogP contribution in [0.1, 0.15) is 6.92 Å². The number of hydrogen-bond acceptors (Lipinski definition) is 1. The van der Waals surface area contributed by atoms with Crippen molar-refractivity contribution in [2.24, 2.45) is 0 Å². The lowest BCUT2D eigenvalue weighted by atomic mass is 9.92. The van der Waals surface area contributed by atoms with Crippen LogP contribution in [0.4, 0.5) is 0 Å². The standard InChI is InChI=1S/C13H11O/c1-10(14)12-8-7-11-5-3-2-4-6-13(11)9-12/h2-9H,1H3. The first kappa shape index (κ1) is 8.95. The van der Waals surface area contributed by atoms with E-state index in [0.717, 1.165) is 16.7 Å². The molecule has 0 spiro atoms. The maximum Gasteiger partial charge on any atom is 0.159 e. The van der Waals surface area contributed by atoms with Gasteiger partial charge in [-0.15, -0.1) is 0 Å². The van der Waals surface area contributed by atoms with Crippen molar-refractivity contribution in [1.29, 1.82) is 0 Å². The Balaban J connectivity index is 2.38. The number of ketones is 1. The van der Waals surface area contributed by atoms with Crippen LogP contribution in [-0.4, -0.2) is 5.78 Å². The third-order valence-electron chi connectivity index (χ3n) is 2.27. The predicted octanol–water partition coefficient (Wildman–Crippen LogP) is 2.70. The Morgan fingerprint density at radius 1 is 1.07 bits per heavy atom. The van der Waals surface area contributed by atoms with Crippen molar-refractivity contribution in [3.05, 3.63) is 65.7 Å². The number of carbonyl (C=O) groups excluding carboxylic acids is 1. The van der Waals surface area contributed by atoms with E-state index in [0.29, 0.717) is 0 Å². The second kappa shape index (κ2) is 3.62. The van der Waals surface area contributed by atoms with Gasteiger partial charge in [-0.3, -0.25) is 4.79 Å². The van der Waals surface area contributed by atoms with Crippen LogP contribution < -0.4 is 0 Å². The number of fused-ring (bicyclic) bond motifs is 1. The van der Waals surface area contributed by atoms with Crippen LogP contribution in [0.15, 0.2) is 59.3 Å². The topological polar surface area (TPSA) is 17.1 Å². The first-order valence-corrected chi connectivity index (χ1v) is 4.60. The molecule has 0 heterocycles. The molecule has 0 aromatic carbocycles. The van der Waals surface area contributed by atoms with Gasteiger partial charge in [0.2, 0.25) is 0 Å². The van der Waals surface area contributed by atoms with E-state index in [2.05, 4.69) is 0 Å². The van der Waals surface area contributed by atoms with Gasteiger partial charge in [0.1, 0.15) is 0 Å². The van der Waals surface area contributed by atoms with Gasteiger partial charge in [-0.1, -0.05) is 36.5 Å². The first-order valence-electron chi connectivity index (χ1n) is 4.60. The highest BCUT2D eigenvalue weighted by Crippen LogP contribution is 2.25. The van der Waals surface area contributed by atoms with E-state index in [9.17, 15) is 4.79 Å². The summed E-state index contributed by atoms with van der Waals surface area (Å²) in [6.45, 7) is 1.59. The van der Waals surface area contributed by atoms with Crippen molar-refractivity contribution in [3.63, 3.8) is 0 Å². The summed E-state index contributed by atoms with van der Waals surface area (Å²) in [5.41, 5.74) is 3.02. The van der Waals surface area contributed by atoms with Gasteiger partial charge >= 0.3 is 0 Å². The smallest absolute Gasteiger partial charge is 0.159 e. The summed E-state index contributed by atoms with van der Waals surface area (Å²) in [5, 5.41) is 0. The molecular formula is C13H11O. The van der Waals surface area contributed by atoms with E-state index in [1.165, 1.54) is 0 Å². The fourth-order valence-electron chi connectivity index (χ4n) is 1.47. The summed E-state index contributed by atoms with van der Waals surface area (Å²) in [6, 6.07) is 0. The van der Waals surface area contributed by atoms with Crippen molar-refractivity contribution >= 4 is 5.78 Å². The summed E-state index contributed by atoms with van der Waals surface area (Å²) in [6.07, 6.45) is 15.8. The Morgan fingerprint density at radius 3 is 2.71 bits per heavy atom. The molecular weight excluding hydrogens is 172 g/mol. The molecule has 0 fully saturated rings. The fraction of sp³-hybridized carbons (Fsp3) is 0.0769. The molecule has 0 saturated carbocycles. The lowest BCUT2D eigenvalue weighted by Crippen LogP contribution is -2.01. The molecule has 0 atom stereocenters. The van der Waals surface area contributed by atoms with Gasteiger partial charge in [0.25, 0.3) is 0 Å². The Bertz CT molecular complexity index is 415. The van der Waals surface area contributed by atoms with Crippen molar-refractivity contribution in [2.45, 2.75) is 6.92 Å². The average Bonchev–Trinajstić information content (AvgIpc) is 2.41. The first-order chi connectivity index (χ1) is 6.77. The maximum absolute atomic E-state index is 11.2. The third-order valence-corrected chi connectivity index (χ3v) is 2.27. The van der Waals surface area contributed by atoms with E-state index < -0.39 is 0 Å². The lowest BCUT2D eigenvalue weighted by Gasteiger charge is -2.11.